The van der Waals surface area contributed by atoms with Gasteiger partial charge < -0.3 is 19.5 Å². The molecule has 2 aromatic rings. The van der Waals surface area contributed by atoms with Crippen molar-refractivity contribution in [3.05, 3.63) is 60.2 Å². The van der Waals surface area contributed by atoms with Crippen LogP contribution in [-0.2, 0) is 9.53 Å². The van der Waals surface area contributed by atoms with Crippen molar-refractivity contribution in [3.8, 4) is 11.5 Å². The van der Waals surface area contributed by atoms with E-state index in [1.807, 2.05) is 42.5 Å². The van der Waals surface area contributed by atoms with Crippen LogP contribution in [-0.4, -0.2) is 57.9 Å². The fourth-order valence-corrected chi connectivity index (χ4v) is 4.00. The van der Waals surface area contributed by atoms with Crippen molar-refractivity contribution in [2.24, 2.45) is 5.92 Å². The summed E-state index contributed by atoms with van der Waals surface area (Å²) in [6.45, 7) is 2.55. The Morgan fingerprint density at radius 1 is 1.07 bits per heavy atom. The quantitative estimate of drug-likeness (QED) is 0.607. The Balaban J connectivity index is 1.41. The Labute approximate surface area is 179 Å². The van der Waals surface area contributed by atoms with E-state index in [1.165, 1.54) is 5.56 Å². The molecule has 2 aromatic carbocycles. The minimum absolute atomic E-state index is 0.0495. The van der Waals surface area contributed by atoms with E-state index in [0.717, 1.165) is 30.9 Å². The van der Waals surface area contributed by atoms with Gasteiger partial charge in [0.15, 0.2) is 0 Å². The van der Waals surface area contributed by atoms with Gasteiger partial charge in [-0.15, -0.1) is 0 Å². The van der Waals surface area contributed by atoms with Crippen LogP contribution >= 0.6 is 0 Å². The number of carbonyl (C=O) groups excluding carboxylic acids is 1. The summed E-state index contributed by atoms with van der Waals surface area (Å²) in [7, 11) is 3.83. The molecule has 0 spiro atoms. The number of piperidine rings is 1. The monoisotopic (exact) mass is 412 g/mol. The summed E-state index contributed by atoms with van der Waals surface area (Å²) in [6, 6.07) is 18.1. The summed E-state index contributed by atoms with van der Waals surface area (Å²) < 4.78 is 16.3. The maximum absolute atomic E-state index is 12.2. The molecule has 2 unspecified atom stereocenters. The first-order chi connectivity index (χ1) is 14.7. The van der Waals surface area contributed by atoms with Crippen molar-refractivity contribution in [1.29, 1.82) is 0 Å². The lowest BCUT2D eigenvalue weighted by Crippen LogP contribution is -2.42. The van der Waals surface area contributed by atoms with E-state index in [0.29, 0.717) is 25.7 Å². The SMILES string of the molecule is COc1ccc(C2C(CNC(=O)COCCOc3ccccc3)CCCN2C)cc1. The number of carbonyl (C=O) groups is 1. The second-order valence-electron chi connectivity index (χ2n) is 7.62. The van der Waals surface area contributed by atoms with Crippen molar-refractivity contribution in [1.82, 2.24) is 10.2 Å². The van der Waals surface area contributed by atoms with Crippen LogP contribution in [0.5, 0.6) is 11.5 Å². The van der Waals surface area contributed by atoms with Gasteiger partial charge in [0.1, 0.15) is 24.7 Å². The summed E-state index contributed by atoms with van der Waals surface area (Å²) in [5.74, 6) is 1.94. The molecular formula is C24H32N2O4. The Hall–Kier alpha value is -2.57. The van der Waals surface area contributed by atoms with Crippen molar-refractivity contribution in [3.63, 3.8) is 0 Å². The largest absolute Gasteiger partial charge is 0.497 e. The van der Waals surface area contributed by atoms with Gasteiger partial charge in [-0.2, -0.15) is 0 Å². The number of benzene rings is 2. The molecule has 1 aliphatic heterocycles. The maximum Gasteiger partial charge on any atom is 0.246 e. The number of nitrogens with zero attached hydrogens (tertiary/aromatic N) is 1. The summed E-state index contributed by atoms with van der Waals surface area (Å²) in [5, 5.41) is 3.05. The number of methoxy groups -OCH3 is 1. The molecule has 0 bridgehead atoms. The van der Waals surface area contributed by atoms with Gasteiger partial charge in [0.2, 0.25) is 5.91 Å². The van der Waals surface area contributed by atoms with Crippen LogP contribution in [0.1, 0.15) is 24.4 Å². The maximum atomic E-state index is 12.2. The first kappa shape index (κ1) is 22.1. The van der Waals surface area contributed by atoms with Crippen LogP contribution in [0, 0.1) is 5.92 Å². The molecule has 6 nitrogen and oxygen atoms in total. The number of rotatable bonds is 10. The van der Waals surface area contributed by atoms with Crippen LogP contribution in [0.15, 0.2) is 54.6 Å². The Morgan fingerprint density at radius 3 is 2.57 bits per heavy atom. The molecule has 0 aromatic heterocycles. The van der Waals surface area contributed by atoms with Gasteiger partial charge >= 0.3 is 0 Å². The molecule has 0 saturated carbocycles. The predicted octanol–water partition coefficient (Wildman–Crippen LogP) is 3.29. The third-order valence-corrected chi connectivity index (χ3v) is 5.50. The first-order valence-corrected chi connectivity index (χ1v) is 10.5. The van der Waals surface area contributed by atoms with Crippen LogP contribution in [0.4, 0.5) is 0 Å². The highest BCUT2D eigenvalue weighted by atomic mass is 16.5. The van der Waals surface area contributed by atoms with E-state index in [4.69, 9.17) is 14.2 Å². The van der Waals surface area contributed by atoms with Gasteiger partial charge in [-0.1, -0.05) is 30.3 Å². The second kappa shape index (κ2) is 11.6. The van der Waals surface area contributed by atoms with E-state index in [-0.39, 0.29) is 18.6 Å². The zero-order valence-electron chi connectivity index (χ0n) is 17.9. The van der Waals surface area contributed by atoms with Crippen molar-refractivity contribution in [2.45, 2.75) is 18.9 Å². The highest BCUT2D eigenvalue weighted by Crippen LogP contribution is 2.35. The highest BCUT2D eigenvalue weighted by Gasteiger charge is 2.30. The third kappa shape index (κ3) is 6.47. The molecule has 3 rings (SSSR count). The minimum atomic E-state index is -0.0866. The number of para-hydroxylation sites is 1. The van der Waals surface area contributed by atoms with Gasteiger partial charge in [0, 0.05) is 12.6 Å². The first-order valence-electron chi connectivity index (χ1n) is 10.5. The van der Waals surface area contributed by atoms with Gasteiger partial charge in [-0.25, -0.2) is 0 Å². The number of ether oxygens (including phenoxy) is 3. The van der Waals surface area contributed by atoms with Crippen LogP contribution in [0.3, 0.4) is 0 Å². The average molecular weight is 413 g/mol. The summed E-state index contributed by atoms with van der Waals surface area (Å²) in [5.41, 5.74) is 1.26. The zero-order chi connectivity index (χ0) is 21.2. The van der Waals surface area contributed by atoms with Crippen LogP contribution < -0.4 is 14.8 Å². The molecule has 1 N–H and O–H groups in total. The smallest absolute Gasteiger partial charge is 0.246 e. The summed E-state index contributed by atoms with van der Waals surface area (Å²) in [4.78, 5) is 14.6. The minimum Gasteiger partial charge on any atom is -0.497 e. The summed E-state index contributed by atoms with van der Waals surface area (Å²) in [6.07, 6.45) is 2.23. The average Bonchev–Trinajstić information content (AvgIpc) is 2.78. The molecule has 1 heterocycles. The molecule has 2 atom stereocenters. The molecular weight excluding hydrogens is 380 g/mol. The second-order valence-corrected chi connectivity index (χ2v) is 7.62. The van der Waals surface area contributed by atoms with E-state index in [9.17, 15) is 4.79 Å². The van der Waals surface area contributed by atoms with Gasteiger partial charge in [0.25, 0.3) is 0 Å². The van der Waals surface area contributed by atoms with E-state index in [2.05, 4.69) is 29.4 Å². The molecule has 30 heavy (non-hydrogen) atoms. The molecule has 0 radical (unpaired) electrons. The topological polar surface area (TPSA) is 60.0 Å². The van der Waals surface area contributed by atoms with Crippen molar-refractivity contribution in [2.75, 3.05) is 47.1 Å². The molecule has 6 heteroatoms. The number of amides is 1. The summed E-state index contributed by atoms with van der Waals surface area (Å²) >= 11 is 0. The molecule has 1 aliphatic rings. The van der Waals surface area contributed by atoms with E-state index >= 15 is 0 Å². The molecule has 1 fully saturated rings. The Morgan fingerprint density at radius 2 is 1.83 bits per heavy atom. The zero-order valence-corrected chi connectivity index (χ0v) is 17.9. The molecule has 0 aliphatic carbocycles. The fraction of sp³-hybridized carbons (Fsp3) is 0.458. The van der Waals surface area contributed by atoms with Gasteiger partial charge in [0.05, 0.1) is 13.7 Å². The number of nitrogens with one attached hydrogen (secondary N) is 1. The third-order valence-electron chi connectivity index (χ3n) is 5.50. The lowest BCUT2D eigenvalue weighted by atomic mass is 9.85. The predicted molar refractivity (Wildman–Crippen MR) is 117 cm³/mol. The molecule has 1 amide bonds. The molecule has 162 valence electrons. The van der Waals surface area contributed by atoms with Crippen molar-refractivity contribution >= 4 is 5.91 Å². The van der Waals surface area contributed by atoms with Crippen molar-refractivity contribution < 1.29 is 19.0 Å². The van der Waals surface area contributed by atoms with E-state index < -0.39 is 0 Å². The van der Waals surface area contributed by atoms with Gasteiger partial charge in [-0.3, -0.25) is 9.69 Å². The number of likely N-dealkylation sites (tertiary alicyclic amines) is 1. The Bertz CT molecular complexity index is 767. The van der Waals surface area contributed by atoms with E-state index in [1.54, 1.807) is 7.11 Å². The number of hydrogen-bond donors (Lipinski definition) is 1. The fourth-order valence-electron chi connectivity index (χ4n) is 4.00. The van der Waals surface area contributed by atoms with Crippen LogP contribution in [0.25, 0.3) is 0 Å². The normalized spacial score (nSPS) is 19.3. The standard InChI is InChI=1S/C24H32N2O4/c1-26-14-6-7-20(24(26)19-10-12-21(28-2)13-11-19)17-25-23(27)18-29-15-16-30-22-8-4-3-5-9-22/h3-5,8-13,20,24H,6-7,14-18H2,1-2H3,(H,25,27). The lowest BCUT2D eigenvalue weighted by molar-refractivity contribution is -0.126. The molecule has 1 saturated heterocycles. The van der Waals surface area contributed by atoms with Gasteiger partial charge in [-0.05, 0) is 62.2 Å². The number of hydrogen-bond acceptors (Lipinski definition) is 5. The highest BCUT2D eigenvalue weighted by molar-refractivity contribution is 5.77. The van der Waals surface area contributed by atoms with Crippen LogP contribution in [0.2, 0.25) is 0 Å². The Kier molecular flexibility index (Phi) is 8.53. The lowest BCUT2D eigenvalue weighted by Gasteiger charge is -2.39.